The lowest BCUT2D eigenvalue weighted by molar-refractivity contribution is -0.384. The van der Waals surface area contributed by atoms with Crippen molar-refractivity contribution in [2.75, 3.05) is 6.54 Å². The number of hydrogen-bond acceptors (Lipinski definition) is 5. The predicted octanol–water partition coefficient (Wildman–Crippen LogP) is 9.26. The number of carbonyl (C=O) groups is 2. The highest BCUT2D eigenvalue weighted by atomic mass is 79.9. The molecule has 1 unspecified atom stereocenters. The van der Waals surface area contributed by atoms with E-state index in [0.717, 1.165) is 29.3 Å². The summed E-state index contributed by atoms with van der Waals surface area (Å²) in [5.74, 6) is -1.69. The highest BCUT2D eigenvalue weighted by molar-refractivity contribution is 9.10. The molecule has 3 rings (SSSR count). The number of likely N-dealkylation sites (tertiary alicyclic amines) is 1. The van der Waals surface area contributed by atoms with Gasteiger partial charge in [-0.2, -0.15) is 0 Å². The van der Waals surface area contributed by atoms with Crippen molar-refractivity contribution in [3.8, 4) is 0 Å². The number of benzene rings is 2. The number of rotatable bonds is 18. The van der Waals surface area contributed by atoms with Crippen LogP contribution in [0.5, 0.6) is 0 Å². The standard InChI is InChI=1S/C33H43BrN2O5/c1-2-3-4-5-6-7-8-9-10-11-12-13-14-15-24-35-30(25-16-20-27(34)21-17-25)29(32(38)33(35)39)31(37)26-18-22-28(23-19-26)36(40)41/h16-23,30,37H,2-15,24H2,1H3/b31-29+. The third kappa shape index (κ3) is 9.52. The minimum atomic E-state index is -0.737. The summed E-state index contributed by atoms with van der Waals surface area (Å²) in [5, 5.41) is 22.2. The molecule has 1 saturated heterocycles. The van der Waals surface area contributed by atoms with E-state index in [-0.39, 0.29) is 22.6 Å². The molecule has 7 nitrogen and oxygen atoms in total. The smallest absolute Gasteiger partial charge is 0.295 e. The van der Waals surface area contributed by atoms with Gasteiger partial charge < -0.3 is 10.0 Å². The quantitative estimate of drug-likeness (QED) is 0.0443. The molecule has 1 amide bonds. The first-order valence-corrected chi connectivity index (χ1v) is 15.9. The third-order valence-electron chi connectivity index (χ3n) is 7.83. The second kappa shape index (κ2) is 17.1. The molecule has 0 radical (unpaired) electrons. The minimum Gasteiger partial charge on any atom is -0.507 e. The molecule has 1 aliphatic heterocycles. The van der Waals surface area contributed by atoms with Gasteiger partial charge in [-0.15, -0.1) is 0 Å². The van der Waals surface area contributed by atoms with E-state index < -0.39 is 22.7 Å². The molecule has 222 valence electrons. The Bertz CT molecular complexity index is 1180. The van der Waals surface area contributed by atoms with E-state index in [1.807, 2.05) is 24.3 Å². The normalized spacial score (nSPS) is 16.4. The van der Waals surface area contributed by atoms with Crippen LogP contribution in [0.25, 0.3) is 5.76 Å². The highest BCUT2D eigenvalue weighted by Gasteiger charge is 2.45. The first-order valence-electron chi connectivity index (χ1n) is 15.1. The van der Waals surface area contributed by atoms with Crippen molar-refractivity contribution in [1.82, 2.24) is 4.90 Å². The summed E-state index contributed by atoms with van der Waals surface area (Å²) >= 11 is 3.43. The van der Waals surface area contributed by atoms with Crippen LogP contribution in [0.2, 0.25) is 0 Å². The van der Waals surface area contributed by atoms with Crippen LogP contribution < -0.4 is 0 Å². The van der Waals surface area contributed by atoms with Gasteiger partial charge in [0.05, 0.1) is 16.5 Å². The van der Waals surface area contributed by atoms with E-state index in [9.17, 15) is 24.8 Å². The van der Waals surface area contributed by atoms with Crippen molar-refractivity contribution in [2.24, 2.45) is 0 Å². The van der Waals surface area contributed by atoms with Gasteiger partial charge in [0.15, 0.2) is 0 Å². The van der Waals surface area contributed by atoms with Gasteiger partial charge in [-0.3, -0.25) is 19.7 Å². The largest absolute Gasteiger partial charge is 0.507 e. The lowest BCUT2D eigenvalue weighted by Gasteiger charge is -2.25. The molecule has 1 fully saturated rings. The van der Waals surface area contributed by atoms with Crippen molar-refractivity contribution in [3.05, 3.63) is 79.8 Å². The van der Waals surface area contributed by atoms with E-state index in [2.05, 4.69) is 22.9 Å². The van der Waals surface area contributed by atoms with E-state index in [1.165, 1.54) is 94.9 Å². The molecular weight excluding hydrogens is 584 g/mol. The molecule has 8 heteroatoms. The number of aliphatic hydroxyl groups is 1. The van der Waals surface area contributed by atoms with Gasteiger partial charge in [-0.25, -0.2) is 0 Å². The zero-order chi connectivity index (χ0) is 29.6. The summed E-state index contributed by atoms with van der Waals surface area (Å²) in [6.45, 7) is 2.67. The Balaban J connectivity index is 1.56. The molecule has 2 aromatic carbocycles. The van der Waals surface area contributed by atoms with Gasteiger partial charge in [-0.1, -0.05) is 118 Å². The summed E-state index contributed by atoms with van der Waals surface area (Å²) in [4.78, 5) is 38.4. The number of aliphatic hydroxyl groups excluding tert-OH is 1. The zero-order valence-corrected chi connectivity index (χ0v) is 25.7. The van der Waals surface area contributed by atoms with Crippen LogP contribution in [0.15, 0.2) is 58.6 Å². The number of nitro benzene ring substituents is 1. The van der Waals surface area contributed by atoms with Gasteiger partial charge in [0, 0.05) is 28.7 Å². The van der Waals surface area contributed by atoms with Crippen LogP contribution in [-0.4, -0.2) is 33.2 Å². The number of non-ortho nitro benzene ring substituents is 1. The first-order chi connectivity index (χ1) is 19.8. The molecule has 1 heterocycles. The van der Waals surface area contributed by atoms with E-state index >= 15 is 0 Å². The number of Topliss-reactive ketones (excluding diaryl/α,β-unsaturated/α-hetero) is 1. The summed E-state index contributed by atoms with van der Waals surface area (Å²) in [7, 11) is 0. The van der Waals surface area contributed by atoms with E-state index in [0.29, 0.717) is 6.54 Å². The number of hydrogen-bond donors (Lipinski definition) is 1. The van der Waals surface area contributed by atoms with Gasteiger partial charge in [0.2, 0.25) is 0 Å². The van der Waals surface area contributed by atoms with Crippen LogP contribution in [0.4, 0.5) is 5.69 Å². The number of ketones is 1. The van der Waals surface area contributed by atoms with Gasteiger partial charge >= 0.3 is 0 Å². The molecule has 0 saturated carbocycles. The van der Waals surface area contributed by atoms with Gasteiger partial charge in [-0.05, 0) is 36.2 Å². The Labute approximate surface area is 252 Å². The zero-order valence-electron chi connectivity index (χ0n) is 24.2. The maximum Gasteiger partial charge on any atom is 0.295 e. The maximum atomic E-state index is 13.2. The highest BCUT2D eigenvalue weighted by Crippen LogP contribution is 2.40. The molecule has 0 aliphatic carbocycles. The Hall–Kier alpha value is -3.00. The second-order valence-corrected chi connectivity index (χ2v) is 11.9. The Kier molecular flexibility index (Phi) is 13.5. The van der Waals surface area contributed by atoms with E-state index in [4.69, 9.17) is 0 Å². The maximum absolute atomic E-state index is 13.2. The van der Waals surface area contributed by atoms with Gasteiger partial charge in [0.25, 0.3) is 17.4 Å². The fourth-order valence-electron chi connectivity index (χ4n) is 5.48. The summed E-state index contributed by atoms with van der Waals surface area (Å²) in [6, 6.07) is 12.0. The molecule has 1 N–H and O–H groups in total. The van der Waals surface area contributed by atoms with Crippen LogP contribution in [0.1, 0.15) is 114 Å². The topological polar surface area (TPSA) is 101 Å². The molecule has 0 bridgehead atoms. The Morgan fingerprint density at radius 2 is 1.29 bits per heavy atom. The number of unbranched alkanes of at least 4 members (excludes halogenated alkanes) is 13. The minimum absolute atomic E-state index is 0.0107. The number of nitro groups is 1. The number of amides is 1. The second-order valence-electron chi connectivity index (χ2n) is 10.9. The number of nitrogens with zero attached hydrogens (tertiary/aromatic N) is 2. The fraction of sp³-hybridized carbons (Fsp3) is 0.515. The Morgan fingerprint density at radius 1 is 0.805 bits per heavy atom. The summed E-state index contributed by atoms with van der Waals surface area (Å²) in [5.41, 5.74) is 0.870. The average Bonchev–Trinajstić information content (AvgIpc) is 3.22. The number of carbonyl (C=O) groups excluding carboxylic acids is 2. The van der Waals surface area contributed by atoms with Crippen LogP contribution in [-0.2, 0) is 9.59 Å². The summed E-state index contributed by atoms with van der Waals surface area (Å²) < 4.78 is 0.862. The molecule has 1 aliphatic rings. The lowest BCUT2D eigenvalue weighted by Crippen LogP contribution is -2.30. The first kappa shape index (κ1) is 32.5. The molecule has 2 aromatic rings. The van der Waals surface area contributed by atoms with Crippen molar-refractivity contribution < 1.29 is 19.6 Å². The van der Waals surface area contributed by atoms with E-state index in [1.54, 1.807) is 4.90 Å². The fourth-order valence-corrected chi connectivity index (χ4v) is 5.74. The molecule has 41 heavy (non-hydrogen) atoms. The monoisotopic (exact) mass is 626 g/mol. The number of halogens is 1. The van der Waals surface area contributed by atoms with Crippen molar-refractivity contribution in [1.29, 1.82) is 0 Å². The van der Waals surface area contributed by atoms with Crippen molar-refractivity contribution in [3.63, 3.8) is 0 Å². The SMILES string of the molecule is CCCCCCCCCCCCCCCCN1C(=O)C(=O)/C(=C(/O)c2ccc([N+](=O)[O-])cc2)C1c1ccc(Br)cc1. The molecule has 0 spiro atoms. The van der Waals surface area contributed by atoms with Crippen molar-refractivity contribution >= 4 is 39.1 Å². The van der Waals surface area contributed by atoms with Crippen LogP contribution in [0.3, 0.4) is 0 Å². The van der Waals surface area contributed by atoms with Crippen molar-refractivity contribution in [2.45, 2.75) is 103 Å². The Morgan fingerprint density at radius 3 is 1.78 bits per heavy atom. The van der Waals surface area contributed by atoms with Gasteiger partial charge in [0.1, 0.15) is 5.76 Å². The molecule has 1 atom stereocenters. The lowest BCUT2D eigenvalue weighted by atomic mass is 9.95. The molecule has 0 aromatic heterocycles. The van der Waals surface area contributed by atoms with Crippen LogP contribution in [0, 0.1) is 10.1 Å². The van der Waals surface area contributed by atoms with Crippen LogP contribution >= 0.6 is 15.9 Å². The third-order valence-corrected chi connectivity index (χ3v) is 8.36. The molecular formula is C33H43BrN2O5. The predicted molar refractivity (Wildman–Crippen MR) is 167 cm³/mol. The average molecular weight is 628 g/mol. The summed E-state index contributed by atoms with van der Waals surface area (Å²) in [6.07, 6.45) is 17.3.